The highest BCUT2D eigenvalue weighted by atomic mass is 35.5. The van der Waals surface area contributed by atoms with Gasteiger partial charge in [-0.25, -0.2) is 4.52 Å². The highest BCUT2D eigenvalue weighted by molar-refractivity contribution is 6.29. The topological polar surface area (TPSA) is 30.4 Å². The summed E-state index contributed by atoms with van der Waals surface area (Å²) in [6, 6.07) is 9.54. The van der Waals surface area contributed by atoms with Crippen LogP contribution in [0.5, 0.6) is 0 Å². The van der Waals surface area contributed by atoms with E-state index >= 15 is 0 Å². The van der Waals surface area contributed by atoms with Gasteiger partial charge in [-0.2, -0.15) is 5.10 Å². The van der Waals surface area contributed by atoms with Crippen molar-refractivity contribution in [2.24, 2.45) is 0 Å². The van der Waals surface area contributed by atoms with Crippen LogP contribution < -0.4 is 0 Å². The summed E-state index contributed by atoms with van der Waals surface area (Å²) in [6.45, 7) is 1.99. The van der Waals surface area contributed by atoms with Gasteiger partial charge in [-0.1, -0.05) is 17.7 Å². The maximum Gasteiger partial charge on any atom is 0.157 e. The predicted molar refractivity (Wildman–Crippen MR) is 62.6 cm³/mol. The number of hydrogen-bond acceptors (Lipinski definition) is 2. The van der Waals surface area contributed by atoms with Crippen molar-refractivity contribution < 1.29 is 4.42 Å². The lowest BCUT2D eigenvalue weighted by molar-refractivity contribution is 0.577. The van der Waals surface area contributed by atoms with Crippen molar-refractivity contribution in [3.8, 4) is 11.5 Å². The molecular weight excluding hydrogens is 224 g/mol. The fourth-order valence-electron chi connectivity index (χ4n) is 1.73. The van der Waals surface area contributed by atoms with Crippen LogP contribution in [0.1, 0.15) is 5.56 Å². The van der Waals surface area contributed by atoms with Crippen molar-refractivity contribution in [2.45, 2.75) is 6.92 Å². The first-order valence-corrected chi connectivity index (χ1v) is 5.32. The van der Waals surface area contributed by atoms with Gasteiger partial charge in [0.25, 0.3) is 0 Å². The quantitative estimate of drug-likeness (QED) is 0.601. The number of furan rings is 1. The maximum absolute atomic E-state index is 6.04. The van der Waals surface area contributed by atoms with E-state index in [1.54, 1.807) is 16.8 Å². The molecule has 0 saturated carbocycles. The fraction of sp³-hybridized carbons (Fsp3) is 0.0833. The van der Waals surface area contributed by atoms with Gasteiger partial charge in [-0.15, -0.1) is 0 Å². The number of fused-ring (bicyclic) bond motifs is 1. The summed E-state index contributed by atoms with van der Waals surface area (Å²) in [5.74, 6) is 0.791. The Labute approximate surface area is 97.3 Å². The second-order valence-corrected chi connectivity index (χ2v) is 4.03. The molecule has 0 bridgehead atoms. The van der Waals surface area contributed by atoms with E-state index in [-0.39, 0.29) is 0 Å². The number of rotatable bonds is 1. The fourth-order valence-corrected chi connectivity index (χ4v) is 1.94. The van der Waals surface area contributed by atoms with Gasteiger partial charge in [0.1, 0.15) is 10.8 Å². The zero-order valence-electron chi connectivity index (χ0n) is 8.64. The summed E-state index contributed by atoms with van der Waals surface area (Å²) in [5.41, 5.74) is 2.83. The van der Waals surface area contributed by atoms with E-state index < -0.39 is 0 Å². The van der Waals surface area contributed by atoms with Gasteiger partial charge in [0.2, 0.25) is 0 Å². The van der Waals surface area contributed by atoms with Crippen molar-refractivity contribution >= 4 is 17.1 Å². The monoisotopic (exact) mass is 232 g/mol. The normalized spacial score (nSPS) is 11.1. The van der Waals surface area contributed by atoms with E-state index in [4.69, 9.17) is 16.0 Å². The summed E-state index contributed by atoms with van der Waals surface area (Å²) in [4.78, 5) is 0. The molecule has 0 radical (unpaired) electrons. The smallest absolute Gasteiger partial charge is 0.157 e. The molecule has 3 aromatic heterocycles. The summed E-state index contributed by atoms with van der Waals surface area (Å²) >= 11 is 6.04. The molecular formula is C12H9ClN2O. The Morgan fingerprint density at radius 2 is 2.19 bits per heavy atom. The lowest BCUT2D eigenvalue weighted by atomic mass is 10.2. The van der Waals surface area contributed by atoms with E-state index in [0.29, 0.717) is 5.15 Å². The molecule has 0 aliphatic rings. The van der Waals surface area contributed by atoms with Crippen LogP contribution in [0.15, 0.2) is 41.0 Å². The number of hydrogen-bond donors (Lipinski definition) is 0. The standard InChI is InChI=1S/C12H9ClN2O/c1-8-5-6-16-12(8)10-7-9-3-2-4-11(13)15(9)14-10/h2-7H,1H3. The molecule has 3 nitrogen and oxygen atoms in total. The zero-order valence-corrected chi connectivity index (χ0v) is 9.40. The molecule has 0 unspecified atom stereocenters. The number of pyridine rings is 1. The lowest BCUT2D eigenvalue weighted by Crippen LogP contribution is -1.88. The Morgan fingerprint density at radius 1 is 1.31 bits per heavy atom. The van der Waals surface area contributed by atoms with Gasteiger partial charge in [-0.05, 0) is 36.8 Å². The molecule has 0 saturated heterocycles. The molecule has 0 aromatic carbocycles. The number of aryl methyl sites for hydroxylation is 1. The van der Waals surface area contributed by atoms with Gasteiger partial charge in [0.05, 0.1) is 11.8 Å². The van der Waals surface area contributed by atoms with Crippen molar-refractivity contribution in [3.05, 3.63) is 47.3 Å². The first kappa shape index (κ1) is 9.48. The van der Waals surface area contributed by atoms with Gasteiger partial charge in [0, 0.05) is 0 Å². The average Bonchev–Trinajstić information content (AvgIpc) is 2.84. The van der Waals surface area contributed by atoms with Crippen LogP contribution in [-0.2, 0) is 0 Å². The van der Waals surface area contributed by atoms with Crippen LogP contribution in [0.25, 0.3) is 17.0 Å². The van der Waals surface area contributed by atoms with Gasteiger partial charge >= 0.3 is 0 Å². The SMILES string of the molecule is Cc1ccoc1-c1cc2cccc(Cl)n2n1. The van der Waals surface area contributed by atoms with Crippen LogP contribution in [-0.4, -0.2) is 9.61 Å². The lowest BCUT2D eigenvalue weighted by Gasteiger charge is -1.94. The molecule has 0 spiro atoms. The highest BCUT2D eigenvalue weighted by Gasteiger charge is 2.10. The average molecular weight is 233 g/mol. The second-order valence-electron chi connectivity index (χ2n) is 3.65. The molecule has 0 atom stereocenters. The van der Waals surface area contributed by atoms with Crippen molar-refractivity contribution in [1.82, 2.24) is 9.61 Å². The molecule has 3 aromatic rings. The molecule has 3 rings (SSSR count). The summed E-state index contributed by atoms with van der Waals surface area (Å²) in [6.07, 6.45) is 1.66. The zero-order chi connectivity index (χ0) is 11.1. The van der Waals surface area contributed by atoms with Crippen LogP contribution in [0.3, 0.4) is 0 Å². The Balaban J connectivity index is 2.27. The first-order valence-electron chi connectivity index (χ1n) is 4.94. The molecule has 0 fully saturated rings. The van der Waals surface area contributed by atoms with E-state index in [2.05, 4.69) is 5.10 Å². The Morgan fingerprint density at radius 3 is 2.88 bits per heavy atom. The third-order valence-corrected chi connectivity index (χ3v) is 2.82. The largest absolute Gasteiger partial charge is 0.462 e. The highest BCUT2D eigenvalue weighted by Crippen LogP contribution is 2.25. The van der Waals surface area contributed by atoms with E-state index in [1.807, 2.05) is 31.2 Å². The molecule has 0 aliphatic carbocycles. The number of nitrogens with zero attached hydrogens (tertiary/aromatic N) is 2. The third kappa shape index (κ3) is 1.32. The van der Waals surface area contributed by atoms with E-state index in [1.165, 1.54) is 0 Å². The van der Waals surface area contributed by atoms with Gasteiger partial charge in [-0.3, -0.25) is 0 Å². The summed E-state index contributed by atoms with van der Waals surface area (Å²) < 4.78 is 7.09. The van der Waals surface area contributed by atoms with Crippen molar-refractivity contribution in [3.63, 3.8) is 0 Å². The minimum atomic E-state index is 0.591. The Bertz CT molecular complexity index is 654. The summed E-state index contributed by atoms with van der Waals surface area (Å²) in [5, 5.41) is 5.00. The van der Waals surface area contributed by atoms with Gasteiger partial charge in [0.15, 0.2) is 5.76 Å². The first-order chi connectivity index (χ1) is 7.75. The molecule has 3 heterocycles. The minimum Gasteiger partial charge on any atom is -0.462 e. The molecule has 0 amide bonds. The molecule has 16 heavy (non-hydrogen) atoms. The van der Waals surface area contributed by atoms with E-state index in [9.17, 15) is 0 Å². The maximum atomic E-state index is 6.04. The van der Waals surface area contributed by atoms with Crippen LogP contribution in [0, 0.1) is 6.92 Å². The number of halogens is 1. The van der Waals surface area contributed by atoms with Gasteiger partial charge < -0.3 is 4.42 Å². The van der Waals surface area contributed by atoms with Crippen LogP contribution in [0.4, 0.5) is 0 Å². The number of aromatic nitrogens is 2. The van der Waals surface area contributed by atoms with Crippen molar-refractivity contribution in [1.29, 1.82) is 0 Å². The molecule has 4 heteroatoms. The minimum absolute atomic E-state index is 0.591. The Kier molecular flexibility index (Phi) is 2.01. The molecule has 0 aliphatic heterocycles. The second kappa shape index (κ2) is 3.39. The van der Waals surface area contributed by atoms with Crippen molar-refractivity contribution in [2.75, 3.05) is 0 Å². The summed E-state index contributed by atoms with van der Waals surface area (Å²) in [7, 11) is 0. The van der Waals surface area contributed by atoms with E-state index in [0.717, 1.165) is 22.5 Å². The third-order valence-electron chi connectivity index (χ3n) is 2.53. The molecule has 0 N–H and O–H groups in total. The van der Waals surface area contributed by atoms with Crippen LogP contribution >= 0.6 is 11.6 Å². The Hall–Kier alpha value is -1.74. The van der Waals surface area contributed by atoms with Crippen LogP contribution in [0.2, 0.25) is 5.15 Å². The molecule has 80 valence electrons. The predicted octanol–water partition coefficient (Wildman–Crippen LogP) is 3.56.